The molecule has 1 unspecified atom stereocenters. The lowest BCUT2D eigenvalue weighted by Crippen LogP contribution is -2.39. The highest BCUT2D eigenvalue weighted by molar-refractivity contribution is 5.96. The number of hydrogen-bond acceptors (Lipinski definition) is 7. The zero-order chi connectivity index (χ0) is 27.1. The van der Waals surface area contributed by atoms with Gasteiger partial charge in [-0.25, -0.2) is 13.9 Å². The number of carbonyl (C=O) groups is 1. The Morgan fingerprint density at radius 1 is 1.15 bits per heavy atom. The van der Waals surface area contributed by atoms with Crippen LogP contribution in [0.5, 0.6) is 0 Å². The summed E-state index contributed by atoms with van der Waals surface area (Å²) >= 11 is 0. The van der Waals surface area contributed by atoms with Crippen molar-refractivity contribution in [3.05, 3.63) is 54.2 Å². The fraction of sp³-hybridized carbons (Fsp3) is 0.429. The summed E-state index contributed by atoms with van der Waals surface area (Å²) in [4.78, 5) is 21.5. The van der Waals surface area contributed by atoms with Crippen LogP contribution in [-0.4, -0.2) is 86.5 Å². The molecule has 2 aliphatic heterocycles. The topological polar surface area (TPSA) is 107 Å². The number of likely N-dealkylation sites (N-methyl/N-ethyl adjacent to an activating group) is 2. The lowest BCUT2D eigenvalue weighted by atomic mass is 10.0. The van der Waals surface area contributed by atoms with Crippen molar-refractivity contribution in [3.63, 3.8) is 0 Å². The molecule has 204 valence electrons. The number of likely N-dealkylation sites (tertiary alicyclic amines) is 1. The van der Waals surface area contributed by atoms with Crippen molar-refractivity contribution in [1.29, 1.82) is 0 Å². The molecule has 1 atom stereocenters. The number of anilines is 1. The van der Waals surface area contributed by atoms with Gasteiger partial charge in [0.25, 0.3) is 5.91 Å². The fourth-order valence-corrected chi connectivity index (χ4v) is 5.88. The zero-order valence-electron chi connectivity index (χ0n) is 22.3. The van der Waals surface area contributed by atoms with Crippen molar-refractivity contribution >= 4 is 17.2 Å². The molecule has 1 aromatic carbocycles. The first-order valence-corrected chi connectivity index (χ1v) is 13.4. The summed E-state index contributed by atoms with van der Waals surface area (Å²) in [6, 6.07) is 9.01. The number of amides is 1. The van der Waals surface area contributed by atoms with Gasteiger partial charge in [0.05, 0.1) is 23.0 Å². The number of hydrogen-bond donors (Lipinski definition) is 1. The summed E-state index contributed by atoms with van der Waals surface area (Å²) in [5, 5.41) is 9.10. The molecule has 1 amide bonds. The van der Waals surface area contributed by atoms with E-state index in [1.54, 1.807) is 34.8 Å². The van der Waals surface area contributed by atoms with Gasteiger partial charge in [0.1, 0.15) is 17.7 Å². The van der Waals surface area contributed by atoms with Gasteiger partial charge in [-0.15, -0.1) is 0 Å². The molecule has 2 aliphatic rings. The van der Waals surface area contributed by atoms with Crippen molar-refractivity contribution < 1.29 is 13.9 Å². The first kappa shape index (κ1) is 25.4. The predicted molar refractivity (Wildman–Crippen MR) is 146 cm³/mol. The number of aromatic nitrogens is 5. The third-order valence-electron chi connectivity index (χ3n) is 8.06. The van der Waals surface area contributed by atoms with Gasteiger partial charge in [0.2, 0.25) is 0 Å². The molecule has 2 fully saturated rings. The average molecular weight is 533 g/mol. The Morgan fingerprint density at radius 3 is 2.74 bits per heavy atom. The van der Waals surface area contributed by atoms with Crippen molar-refractivity contribution in [2.24, 2.45) is 0 Å². The van der Waals surface area contributed by atoms with Gasteiger partial charge >= 0.3 is 0 Å². The lowest BCUT2D eigenvalue weighted by molar-refractivity contribution is 0.0667. The third-order valence-corrected chi connectivity index (χ3v) is 8.06. The number of benzene rings is 1. The van der Waals surface area contributed by atoms with Crippen molar-refractivity contribution in [2.45, 2.75) is 37.8 Å². The van der Waals surface area contributed by atoms with Crippen molar-refractivity contribution in [2.75, 3.05) is 46.1 Å². The summed E-state index contributed by atoms with van der Waals surface area (Å²) in [6.45, 7) is 2.94. The van der Waals surface area contributed by atoms with Crippen LogP contribution in [0.1, 0.15) is 42.1 Å². The maximum Gasteiger partial charge on any atom is 0.256 e. The number of ether oxygens (including phenoxy) is 1. The molecule has 0 spiro atoms. The highest BCUT2D eigenvalue weighted by Crippen LogP contribution is 2.37. The van der Waals surface area contributed by atoms with Crippen LogP contribution in [0, 0.1) is 5.82 Å². The quantitative estimate of drug-likeness (QED) is 0.405. The van der Waals surface area contributed by atoms with Gasteiger partial charge in [0.15, 0.2) is 5.82 Å². The van der Waals surface area contributed by atoms with E-state index in [9.17, 15) is 4.79 Å². The van der Waals surface area contributed by atoms with Crippen LogP contribution in [0.2, 0.25) is 0 Å². The number of rotatable bonds is 6. The van der Waals surface area contributed by atoms with Crippen LogP contribution >= 0.6 is 0 Å². The van der Waals surface area contributed by atoms with E-state index >= 15 is 4.39 Å². The lowest BCUT2D eigenvalue weighted by Gasteiger charge is -2.26. The van der Waals surface area contributed by atoms with Gasteiger partial charge in [-0.05, 0) is 69.6 Å². The Bertz CT molecular complexity index is 1510. The van der Waals surface area contributed by atoms with Crippen molar-refractivity contribution in [1.82, 2.24) is 34.2 Å². The first-order valence-electron chi connectivity index (χ1n) is 13.4. The summed E-state index contributed by atoms with van der Waals surface area (Å²) < 4.78 is 24.3. The SMILES string of the molecule is CN(CC1CCCN1C)C(=O)c1cc(-c2cc(-c3ccnn3C3CCOCC3)c3c(N)ncnn23)ccc1F. The molecule has 2 saturated heterocycles. The molecule has 10 nitrogen and oxygen atoms in total. The van der Waals surface area contributed by atoms with E-state index in [-0.39, 0.29) is 23.6 Å². The molecule has 39 heavy (non-hydrogen) atoms. The molecule has 2 N–H and O–H groups in total. The molecule has 4 aromatic rings. The Morgan fingerprint density at radius 2 is 1.97 bits per heavy atom. The second-order valence-corrected chi connectivity index (χ2v) is 10.5. The van der Waals surface area contributed by atoms with E-state index in [1.807, 2.05) is 16.8 Å². The standard InChI is InChI=1S/C28H33FN8O2/c1-34-11-3-4-20(34)16-35(2)28(38)21-14-18(5-6-23(21)29)25-15-22(26-27(30)31-17-33-37(25)26)24-7-10-32-36(24)19-8-12-39-13-9-19/h5-7,10,14-15,17,19-20H,3-4,8-9,11-13,16H2,1-2H3,(H2,30,31,33). The monoisotopic (exact) mass is 532 g/mol. The van der Waals surface area contributed by atoms with E-state index in [2.05, 4.69) is 27.1 Å². The molecule has 3 aromatic heterocycles. The van der Waals surface area contributed by atoms with E-state index in [1.165, 1.54) is 12.4 Å². The Kier molecular flexibility index (Phi) is 6.78. The normalized spacial score (nSPS) is 18.7. The van der Waals surface area contributed by atoms with Crippen LogP contribution in [-0.2, 0) is 4.74 Å². The molecule has 11 heteroatoms. The molecular weight excluding hydrogens is 499 g/mol. The van der Waals surface area contributed by atoms with Gasteiger partial charge in [-0.2, -0.15) is 10.2 Å². The smallest absolute Gasteiger partial charge is 0.256 e. The van der Waals surface area contributed by atoms with Crippen LogP contribution in [0.4, 0.5) is 10.2 Å². The highest BCUT2D eigenvalue weighted by Gasteiger charge is 2.27. The number of halogens is 1. The van der Waals surface area contributed by atoms with E-state index in [0.717, 1.165) is 43.5 Å². The third kappa shape index (κ3) is 4.65. The molecule has 0 radical (unpaired) electrons. The zero-order valence-corrected chi connectivity index (χ0v) is 22.3. The molecule has 6 rings (SSSR count). The van der Waals surface area contributed by atoms with Crippen LogP contribution in [0.15, 0.2) is 42.9 Å². The number of fused-ring (bicyclic) bond motifs is 1. The number of carbonyl (C=O) groups excluding carboxylic acids is 1. The molecule has 5 heterocycles. The molecular formula is C28H33FN8O2. The van der Waals surface area contributed by atoms with E-state index in [0.29, 0.717) is 42.4 Å². The van der Waals surface area contributed by atoms with E-state index in [4.69, 9.17) is 10.5 Å². The predicted octanol–water partition coefficient (Wildman–Crippen LogP) is 3.50. The highest BCUT2D eigenvalue weighted by atomic mass is 19.1. The second kappa shape index (κ2) is 10.4. The van der Waals surface area contributed by atoms with Crippen LogP contribution in [0.3, 0.4) is 0 Å². The Hall–Kier alpha value is -3.83. The van der Waals surface area contributed by atoms with Crippen molar-refractivity contribution in [3.8, 4) is 22.5 Å². The minimum atomic E-state index is -0.553. The van der Waals surface area contributed by atoms with Gasteiger partial charge < -0.3 is 20.3 Å². The number of nitrogens with two attached hydrogens (primary N) is 1. The van der Waals surface area contributed by atoms with Gasteiger partial charge in [0, 0.05) is 50.2 Å². The largest absolute Gasteiger partial charge is 0.382 e. The Balaban J connectivity index is 1.40. The van der Waals surface area contributed by atoms with E-state index < -0.39 is 5.82 Å². The Labute approximate surface area is 226 Å². The summed E-state index contributed by atoms with van der Waals surface area (Å²) in [6.07, 6.45) is 7.04. The van der Waals surface area contributed by atoms with Crippen LogP contribution in [0.25, 0.3) is 28.0 Å². The van der Waals surface area contributed by atoms with Gasteiger partial charge in [-0.1, -0.05) is 0 Å². The van der Waals surface area contributed by atoms with Crippen LogP contribution < -0.4 is 5.73 Å². The maximum atomic E-state index is 15.0. The van der Waals surface area contributed by atoms with Gasteiger partial charge in [-0.3, -0.25) is 9.48 Å². The molecule has 0 aliphatic carbocycles. The first-order chi connectivity index (χ1) is 18.9. The average Bonchev–Trinajstić information content (AvgIpc) is 3.68. The minimum Gasteiger partial charge on any atom is -0.382 e. The summed E-state index contributed by atoms with van der Waals surface area (Å²) in [5.74, 6) is -0.574. The molecule has 0 bridgehead atoms. The minimum absolute atomic E-state index is 0.0291. The summed E-state index contributed by atoms with van der Waals surface area (Å²) in [5.41, 5.74) is 10.1. The number of nitrogen functional groups attached to an aromatic ring is 1. The second-order valence-electron chi connectivity index (χ2n) is 10.5. The maximum absolute atomic E-state index is 15.0. The fourth-order valence-electron chi connectivity index (χ4n) is 5.88. The molecule has 0 saturated carbocycles. The number of nitrogens with zero attached hydrogens (tertiary/aromatic N) is 7. The summed E-state index contributed by atoms with van der Waals surface area (Å²) in [7, 11) is 3.80.